The fourth-order valence-corrected chi connectivity index (χ4v) is 2.65. The highest BCUT2D eigenvalue weighted by atomic mass is 16.5. The lowest BCUT2D eigenvalue weighted by atomic mass is 10.1. The Hall–Kier alpha value is -2.82. The zero-order valence-corrected chi connectivity index (χ0v) is 12.3. The van der Waals surface area contributed by atoms with Crippen molar-refractivity contribution in [3.8, 4) is 11.4 Å². The van der Waals surface area contributed by atoms with Gasteiger partial charge in [-0.05, 0) is 37.3 Å². The van der Waals surface area contributed by atoms with Gasteiger partial charge in [-0.25, -0.2) is 0 Å². The third kappa shape index (κ3) is 2.30. The van der Waals surface area contributed by atoms with Gasteiger partial charge in [0.15, 0.2) is 6.73 Å². The molecule has 0 N–H and O–H groups in total. The van der Waals surface area contributed by atoms with E-state index in [9.17, 15) is 0 Å². The minimum atomic E-state index is 0.571. The number of anilines is 1. The minimum absolute atomic E-state index is 0.571. The van der Waals surface area contributed by atoms with Crippen molar-refractivity contribution < 1.29 is 4.74 Å². The Labute approximate surface area is 128 Å². The molecule has 0 spiro atoms. The van der Waals surface area contributed by atoms with Gasteiger partial charge in [-0.2, -0.15) is 0 Å². The van der Waals surface area contributed by atoms with Gasteiger partial charge in [0, 0.05) is 23.5 Å². The topological polar surface area (TPSA) is 43.2 Å². The summed E-state index contributed by atoms with van der Waals surface area (Å²) in [5.74, 6) is 0.945. The molecule has 2 aromatic carbocycles. The van der Waals surface area contributed by atoms with Gasteiger partial charge in [-0.1, -0.05) is 17.7 Å². The molecule has 110 valence electrons. The number of hydrogen-bond donors (Lipinski definition) is 0. The maximum Gasteiger partial charge on any atom is 0.161 e. The van der Waals surface area contributed by atoms with Crippen LogP contribution in [0.2, 0.25) is 0 Å². The standard InChI is InChI=1S/C17H16N4O/c1-13-2-4-15(5-3-13)20-9-14-8-16(21-10-18-19-11-21)6-7-17(14)22-12-20/h2-8,10-11H,9,12H2,1H3. The highest BCUT2D eigenvalue weighted by molar-refractivity contribution is 5.52. The van der Waals surface area contributed by atoms with Crippen molar-refractivity contribution in [3.63, 3.8) is 0 Å². The zero-order chi connectivity index (χ0) is 14.9. The molecule has 5 nitrogen and oxygen atoms in total. The molecule has 1 aliphatic rings. The van der Waals surface area contributed by atoms with Gasteiger partial charge in [-0.3, -0.25) is 4.57 Å². The molecule has 1 aromatic heterocycles. The van der Waals surface area contributed by atoms with Gasteiger partial charge in [0.25, 0.3) is 0 Å². The van der Waals surface area contributed by atoms with E-state index in [2.05, 4.69) is 52.4 Å². The van der Waals surface area contributed by atoms with Crippen LogP contribution in [0.15, 0.2) is 55.1 Å². The van der Waals surface area contributed by atoms with E-state index in [0.29, 0.717) is 6.73 Å². The lowest BCUT2D eigenvalue weighted by Crippen LogP contribution is -2.31. The molecule has 0 saturated carbocycles. The Balaban J connectivity index is 1.64. The third-order valence-electron chi connectivity index (χ3n) is 3.90. The van der Waals surface area contributed by atoms with Crippen LogP contribution in [-0.2, 0) is 6.54 Å². The lowest BCUT2D eigenvalue weighted by Gasteiger charge is -2.31. The second-order valence-electron chi connectivity index (χ2n) is 5.47. The quantitative estimate of drug-likeness (QED) is 0.728. The summed E-state index contributed by atoms with van der Waals surface area (Å²) in [7, 11) is 0. The number of rotatable bonds is 2. The molecule has 5 heteroatoms. The minimum Gasteiger partial charge on any atom is -0.473 e. The van der Waals surface area contributed by atoms with E-state index in [1.54, 1.807) is 12.7 Å². The van der Waals surface area contributed by atoms with Crippen LogP contribution in [0.3, 0.4) is 0 Å². The fraction of sp³-hybridized carbons (Fsp3) is 0.176. The van der Waals surface area contributed by atoms with Crippen molar-refractivity contribution in [1.82, 2.24) is 14.8 Å². The number of benzene rings is 2. The molecule has 2 heterocycles. The monoisotopic (exact) mass is 292 g/mol. The average Bonchev–Trinajstić information content (AvgIpc) is 3.09. The molecule has 0 saturated heterocycles. The highest BCUT2D eigenvalue weighted by Gasteiger charge is 2.18. The molecule has 1 aliphatic heterocycles. The van der Waals surface area contributed by atoms with Gasteiger partial charge in [-0.15, -0.1) is 10.2 Å². The maximum absolute atomic E-state index is 5.88. The molecule has 0 atom stereocenters. The van der Waals surface area contributed by atoms with Gasteiger partial charge >= 0.3 is 0 Å². The molecule has 0 unspecified atom stereocenters. The second kappa shape index (κ2) is 5.18. The van der Waals surface area contributed by atoms with E-state index in [0.717, 1.165) is 23.5 Å². The van der Waals surface area contributed by atoms with Gasteiger partial charge in [0.1, 0.15) is 18.4 Å². The van der Waals surface area contributed by atoms with Crippen LogP contribution in [0.1, 0.15) is 11.1 Å². The van der Waals surface area contributed by atoms with E-state index in [-0.39, 0.29) is 0 Å². The molecule has 4 rings (SSSR count). The summed E-state index contributed by atoms with van der Waals surface area (Å²) in [6.07, 6.45) is 3.40. The first-order valence-electron chi connectivity index (χ1n) is 7.22. The first-order valence-corrected chi connectivity index (χ1v) is 7.22. The van der Waals surface area contributed by atoms with Crippen LogP contribution in [-0.4, -0.2) is 21.5 Å². The van der Waals surface area contributed by atoms with E-state index in [4.69, 9.17) is 4.74 Å². The normalized spacial score (nSPS) is 13.6. The van der Waals surface area contributed by atoms with Crippen molar-refractivity contribution in [2.45, 2.75) is 13.5 Å². The summed E-state index contributed by atoms with van der Waals surface area (Å²) in [5, 5.41) is 7.71. The molecule has 3 aromatic rings. The number of fused-ring (bicyclic) bond motifs is 1. The Morgan fingerprint density at radius 1 is 0.955 bits per heavy atom. The van der Waals surface area contributed by atoms with Crippen LogP contribution in [0.4, 0.5) is 5.69 Å². The predicted molar refractivity (Wildman–Crippen MR) is 84.2 cm³/mol. The second-order valence-corrected chi connectivity index (χ2v) is 5.47. The fourth-order valence-electron chi connectivity index (χ4n) is 2.65. The van der Waals surface area contributed by atoms with E-state index in [1.165, 1.54) is 11.3 Å². The van der Waals surface area contributed by atoms with Crippen LogP contribution in [0.5, 0.6) is 5.75 Å². The molecule has 22 heavy (non-hydrogen) atoms. The van der Waals surface area contributed by atoms with Crippen LogP contribution >= 0.6 is 0 Å². The van der Waals surface area contributed by atoms with E-state index >= 15 is 0 Å². The van der Waals surface area contributed by atoms with Crippen LogP contribution in [0.25, 0.3) is 5.69 Å². The Morgan fingerprint density at radius 3 is 2.45 bits per heavy atom. The van der Waals surface area contributed by atoms with E-state index in [1.807, 2.05) is 16.7 Å². The lowest BCUT2D eigenvalue weighted by molar-refractivity contribution is 0.289. The van der Waals surface area contributed by atoms with E-state index < -0.39 is 0 Å². The van der Waals surface area contributed by atoms with Crippen molar-refractivity contribution in [3.05, 3.63) is 66.2 Å². The van der Waals surface area contributed by atoms with Crippen molar-refractivity contribution >= 4 is 5.69 Å². The summed E-state index contributed by atoms with van der Waals surface area (Å²) >= 11 is 0. The average molecular weight is 292 g/mol. The largest absolute Gasteiger partial charge is 0.473 e. The molecular weight excluding hydrogens is 276 g/mol. The molecule has 0 amide bonds. The number of nitrogens with zero attached hydrogens (tertiary/aromatic N) is 4. The summed E-state index contributed by atoms with van der Waals surface area (Å²) < 4.78 is 7.77. The number of aryl methyl sites for hydroxylation is 1. The van der Waals surface area contributed by atoms with Gasteiger partial charge < -0.3 is 9.64 Å². The summed E-state index contributed by atoms with van der Waals surface area (Å²) in [5.41, 5.74) is 4.64. The van der Waals surface area contributed by atoms with Crippen molar-refractivity contribution in [1.29, 1.82) is 0 Å². The molecule has 0 fully saturated rings. The van der Waals surface area contributed by atoms with Crippen molar-refractivity contribution in [2.24, 2.45) is 0 Å². The summed E-state index contributed by atoms with van der Waals surface area (Å²) in [4.78, 5) is 2.22. The molecule has 0 radical (unpaired) electrons. The molecular formula is C17H16N4O. The Kier molecular flexibility index (Phi) is 3.04. The van der Waals surface area contributed by atoms with Crippen molar-refractivity contribution in [2.75, 3.05) is 11.6 Å². The highest BCUT2D eigenvalue weighted by Crippen LogP contribution is 2.30. The smallest absolute Gasteiger partial charge is 0.161 e. The molecule has 0 bridgehead atoms. The third-order valence-corrected chi connectivity index (χ3v) is 3.90. The number of ether oxygens (including phenoxy) is 1. The Morgan fingerprint density at radius 2 is 1.68 bits per heavy atom. The number of hydrogen-bond acceptors (Lipinski definition) is 4. The maximum atomic E-state index is 5.88. The first-order chi connectivity index (χ1) is 10.8. The predicted octanol–water partition coefficient (Wildman–Crippen LogP) is 2.93. The Bertz CT molecular complexity index is 781. The first kappa shape index (κ1) is 12.9. The van der Waals surface area contributed by atoms with Gasteiger partial charge in [0.2, 0.25) is 0 Å². The number of aromatic nitrogens is 3. The summed E-state index contributed by atoms with van der Waals surface area (Å²) in [6.45, 7) is 3.49. The van der Waals surface area contributed by atoms with Gasteiger partial charge in [0.05, 0.1) is 0 Å². The zero-order valence-electron chi connectivity index (χ0n) is 12.3. The summed E-state index contributed by atoms with van der Waals surface area (Å²) in [6, 6.07) is 14.7. The molecule has 0 aliphatic carbocycles. The SMILES string of the molecule is Cc1ccc(N2COc3ccc(-n4cnnc4)cc3C2)cc1. The van der Waals surface area contributed by atoms with Crippen LogP contribution in [0, 0.1) is 6.92 Å². The van der Waals surface area contributed by atoms with Crippen LogP contribution < -0.4 is 9.64 Å².